The molecule has 1 aromatic carbocycles. The van der Waals surface area contributed by atoms with Gasteiger partial charge in [-0.05, 0) is 61.3 Å². The van der Waals surface area contributed by atoms with Crippen molar-refractivity contribution in [2.24, 2.45) is 11.3 Å². The van der Waals surface area contributed by atoms with Gasteiger partial charge >= 0.3 is 0 Å². The van der Waals surface area contributed by atoms with Crippen LogP contribution in [0.25, 0.3) is 0 Å². The summed E-state index contributed by atoms with van der Waals surface area (Å²) in [7, 11) is 1.51. The summed E-state index contributed by atoms with van der Waals surface area (Å²) < 4.78 is 5.29. The van der Waals surface area contributed by atoms with E-state index in [1.807, 2.05) is 0 Å². The third-order valence-corrected chi connectivity index (χ3v) is 6.88. The topological polar surface area (TPSA) is 55.4 Å². The number of hydrogen-bond donors (Lipinski definition) is 1. The van der Waals surface area contributed by atoms with Gasteiger partial charge in [0.1, 0.15) is 10.8 Å². The van der Waals surface area contributed by atoms with Gasteiger partial charge in [0.05, 0.1) is 18.2 Å². The summed E-state index contributed by atoms with van der Waals surface area (Å²) in [6.45, 7) is 8.34. The molecule has 4 nitrogen and oxygen atoms in total. The zero-order chi connectivity index (χ0) is 20.6. The summed E-state index contributed by atoms with van der Waals surface area (Å²) in [4.78, 5) is 26.5. The predicted molar refractivity (Wildman–Crippen MR) is 115 cm³/mol. The molecule has 6 heteroatoms. The van der Waals surface area contributed by atoms with E-state index in [1.54, 1.807) is 25.1 Å². The molecule has 0 fully saturated rings. The van der Waals surface area contributed by atoms with E-state index in [0.717, 1.165) is 24.8 Å². The molecule has 1 aliphatic carbocycles. The number of nitrogens with one attached hydrogen (secondary N) is 1. The number of carbonyl (C=O) groups is 2. The molecule has 0 saturated carbocycles. The highest BCUT2D eigenvalue weighted by Gasteiger charge is 2.33. The van der Waals surface area contributed by atoms with Gasteiger partial charge in [-0.25, -0.2) is 0 Å². The average molecular weight is 420 g/mol. The summed E-state index contributed by atoms with van der Waals surface area (Å²) in [6, 6.07) is 4.91. The normalized spacial score (nSPS) is 16.4. The van der Waals surface area contributed by atoms with Crippen molar-refractivity contribution in [3.63, 3.8) is 0 Å². The summed E-state index contributed by atoms with van der Waals surface area (Å²) >= 11 is 7.58. The Kier molecular flexibility index (Phi) is 5.87. The van der Waals surface area contributed by atoms with Gasteiger partial charge < -0.3 is 10.1 Å². The third-order valence-electron chi connectivity index (χ3n) is 5.48. The number of anilines is 1. The fraction of sp³-hybridized carbons (Fsp3) is 0.455. The molecule has 1 heterocycles. The molecule has 1 atom stereocenters. The number of hydrogen-bond acceptors (Lipinski definition) is 4. The molecular formula is C22H26ClNO3S. The fourth-order valence-corrected chi connectivity index (χ4v) is 5.36. The minimum absolute atomic E-state index is 0.0138. The molecule has 150 valence electrons. The lowest BCUT2D eigenvalue weighted by Gasteiger charge is -2.33. The molecule has 28 heavy (non-hydrogen) atoms. The van der Waals surface area contributed by atoms with Crippen LogP contribution in [0.1, 0.15) is 65.3 Å². The van der Waals surface area contributed by atoms with Crippen LogP contribution in [0, 0.1) is 11.3 Å². The number of rotatable bonds is 4. The number of carbonyl (C=O) groups excluding carboxylic acids is 2. The average Bonchev–Trinajstić information content (AvgIpc) is 2.97. The van der Waals surface area contributed by atoms with Crippen LogP contribution in [-0.2, 0) is 12.8 Å². The molecule has 0 aliphatic heterocycles. The van der Waals surface area contributed by atoms with Crippen molar-refractivity contribution in [1.82, 2.24) is 0 Å². The molecule has 0 unspecified atom stereocenters. The molecule has 0 radical (unpaired) electrons. The largest absolute Gasteiger partial charge is 0.496 e. The van der Waals surface area contributed by atoms with E-state index in [9.17, 15) is 9.59 Å². The third kappa shape index (κ3) is 4.11. The van der Waals surface area contributed by atoms with Crippen LogP contribution in [-0.4, -0.2) is 18.8 Å². The van der Waals surface area contributed by atoms with E-state index in [1.165, 1.54) is 23.3 Å². The number of amides is 1. The van der Waals surface area contributed by atoms with Crippen molar-refractivity contribution < 1.29 is 14.3 Å². The monoisotopic (exact) mass is 419 g/mol. The first-order valence-corrected chi connectivity index (χ1v) is 10.6. The minimum Gasteiger partial charge on any atom is -0.496 e. The van der Waals surface area contributed by atoms with Gasteiger partial charge in [0, 0.05) is 9.90 Å². The highest BCUT2D eigenvalue weighted by molar-refractivity contribution is 7.17. The van der Waals surface area contributed by atoms with Gasteiger partial charge in [0.25, 0.3) is 5.91 Å². The lowest BCUT2D eigenvalue weighted by molar-refractivity contribution is 0.101. The number of fused-ring (bicyclic) bond motifs is 1. The molecule has 2 aromatic rings. The predicted octanol–water partition coefficient (Wildman–Crippen LogP) is 6.02. The van der Waals surface area contributed by atoms with E-state index in [0.29, 0.717) is 32.8 Å². The molecule has 3 rings (SSSR count). The summed E-state index contributed by atoms with van der Waals surface area (Å²) in [5, 5.41) is 4.02. The van der Waals surface area contributed by atoms with Crippen molar-refractivity contribution in [3.05, 3.63) is 44.8 Å². The maximum absolute atomic E-state index is 12.9. The summed E-state index contributed by atoms with van der Waals surface area (Å²) in [5.74, 6) is 0.670. The maximum Gasteiger partial charge on any atom is 0.260 e. The number of benzene rings is 1. The number of methoxy groups -OCH3 is 1. The SMILES string of the molecule is COc1ccc(Cl)cc1C(=O)Nc1sc2c(c1C(C)=O)CC[C@@H](C(C)(C)C)C2. The number of thiophene rings is 1. The molecule has 0 saturated heterocycles. The Hall–Kier alpha value is -1.85. The quantitative estimate of drug-likeness (QED) is 0.617. The number of ether oxygens (including phenoxy) is 1. The van der Waals surface area contributed by atoms with Crippen molar-refractivity contribution in [2.75, 3.05) is 12.4 Å². The summed E-state index contributed by atoms with van der Waals surface area (Å²) in [5.41, 5.74) is 2.33. The van der Waals surface area contributed by atoms with Crippen molar-refractivity contribution >= 4 is 39.6 Å². The standard InChI is InChI=1S/C22H26ClNO3S/c1-12(25)19-15-8-6-13(22(2,3)4)10-18(15)28-21(19)24-20(26)16-11-14(23)7-9-17(16)27-5/h7,9,11,13H,6,8,10H2,1-5H3,(H,24,26)/t13-/m1/s1. The second kappa shape index (κ2) is 7.88. The van der Waals surface area contributed by atoms with Crippen LogP contribution >= 0.6 is 22.9 Å². The maximum atomic E-state index is 12.9. The molecule has 1 aromatic heterocycles. The van der Waals surface area contributed by atoms with Crippen LogP contribution in [0.2, 0.25) is 5.02 Å². The Morgan fingerprint density at radius 1 is 1.29 bits per heavy atom. The van der Waals surface area contributed by atoms with Gasteiger partial charge in [-0.15, -0.1) is 11.3 Å². The van der Waals surface area contributed by atoms with Crippen LogP contribution in [0.3, 0.4) is 0 Å². The lowest BCUT2D eigenvalue weighted by Crippen LogP contribution is -2.26. The lowest BCUT2D eigenvalue weighted by atomic mass is 9.72. The molecule has 1 amide bonds. The molecule has 1 N–H and O–H groups in total. The first-order chi connectivity index (χ1) is 13.1. The highest BCUT2D eigenvalue weighted by atomic mass is 35.5. The zero-order valence-corrected chi connectivity index (χ0v) is 18.5. The van der Waals surface area contributed by atoms with Crippen molar-refractivity contribution in [2.45, 2.75) is 47.0 Å². The number of halogens is 1. The zero-order valence-electron chi connectivity index (χ0n) is 16.9. The van der Waals surface area contributed by atoms with E-state index >= 15 is 0 Å². The first kappa shape index (κ1) is 20.9. The molecule has 0 bridgehead atoms. The van der Waals surface area contributed by atoms with E-state index in [4.69, 9.17) is 16.3 Å². The van der Waals surface area contributed by atoms with Gasteiger partial charge in [0.2, 0.25) is 0 Å². The smallest absolute Gasteiger partial charge is 0.260 e. The molecular weight excluding hydrogens is 394 g/mol. The summed E-state index contributed by atoms with van der Waals surface area (Å²) in [6.07, 6.45) is 2.88. The fourth-order valence-electron chi connectivity index (χ4n) is 3.81. The van der Waals surface area contributed by atoms with E-state index in [2.05, 4.69) is 26.1 Å². The second-order valence-corrected chi connectivity index (χ2v) is 9.91. The van der Waals surface area contributed by atoms with Crippen LogP contribution in [0.5, 0.6) is 5.75 Å². The van der Waals surface area contributed by atoms with Crippen LogP contribution < -0.4 is 10.1 Å². The Morgan fingerprint density at radius 2 is 2.00 bits per heavy atom. The Labute approximate surface area is 175 Å². The van der Waals surface area contributed by atoms with E-state index in [-0.39, 0.29) is 17.1 Å². The molecule has 0 spiro atoms. The van der Waals surface area contributed by atoms with Crippen LogP contribution in [0.15, 0.2) is 18.2 Å². The Balaban J connectivity index is 1.95. The first-order valence-electron chi connectivity index (χ1n) is 9.42. The van der Waals surface area contributed by atoms with Gasteiger partial charge in [-0.3, -0.25) is 9.59 Å². The minimum atomic E-state index is -0.326. The van der Waals surface area contributed by atoms with E-state index < -0.39 is 0 Å². The Bertz CT molecular complexity index is 927. The van der Waals surface area contributed by atoms with Crippen molar-refractivity contribution in [1.29, 1.82) is 0 Å². The molecule has 1 aliphatic rings. The number of ketones is 1. The number of Topliss-reactive ketones (excluding diaryl/α,β-unsaturated/α-hetero) is 1. The highest BCUT2D eigenvalue weighted by Crippen LogP contribution is 2.44. The second-order valence-electron chi connectivity index (χ2n) is 8.37. The van der Waals surface area contributed by atoms with Gasteiger partial charge in [0.15, 0.2) is 5.78 Å². The van der Waals surface area contributed by atoms with Crippen LogP contribution in [0.4, 0.5) is 5.00 Å². The van der Waals surface area contributed by atoms with Crippen molar-refractivity contribution in [3.8, 4) is 5.75 Å². The Morgan fingerprint density at radius 3 is 2.61 bits per heavy atom. The van der Waals surface area contributed by atoms with Gasteiger partial charge in [-0.1, -0.05) is 32.4 Å². The van der Waals surface area contributed by atoms with Gasteiger partial charge in [-0.2, -0.15) is 0 Å².